The van der Waals surface area contributed by atoms with Crippen LogP contribution in [0, 0.1) is 6.92 Å². The minimum Gasteiger partial charge on any atom is -0.387 e. The zero-order chi connectivity index (χ0) is 13.7. The van der Waals surface area contributed by atoms with Gasteiger partial charge >= 0.3 is 0 Å². The van der Waals surface area contributed by atoms with Gasteiger partial charge in [-0.15, -0.1) is 0 Å². The SMILES string of the molecule is CCn1cc(CNCC(O)c2ccccc2C)cn1. The summed E-state index contributed by atoms with van der Waals surface area (Å²) >= 11 is 0. The minimum atomic E-state index is -0.470. The Hall–Kier alpha value is -1.65. The lowest BCUT2D eigenvalue weighted by Gasteiger charge is -2.14. The molecule has 0 aliphatic heterocycles. The highest BCUT2D eigenvalue weighted by Crippen LogP contribution is 2.16. The molecule has 4 heteroatoms. The van der Waals surface area contributed by atoms with E-state index in [0.717, 1.165) is 29.8 Å². The predicted octanol–water partition coefficient (Wildman–Crippen LogP) is 2.03. The number of aliphatic hydroxyl groups is 1. The van der Waals surface area contributed by atoms with Gasteiger partial charge in [0.15, 0.2) is 0 Å². The van der Waals surface area contributed by atoms with E-state index in [1.807, 2.05) is 48.3 Å². The van der Waals surface area contributed by atoms with Gasteiger partial charge in [0.05, 0.1) is 12.3 Å². The van der Waals surface area contributed by atoms with Gasteiger partial charge in [-0.2, -0.15) is 5.10 Å². The highest BCUT2D eigenvalue weighted by molar-refractivity contribution is 5.27. The molecule has 4 nitrogen and oxygen atoms in total. The number of benzene rings is 1. The summed E-state index contributed by atoms with van der Waals surface area (Å²) in [6.07, 6.45) is 3.41. The maximum atomic E-state index is 10.1. The third-order valence-electron chi connectivity index (χ3n) is 3.22. The van der Waals surface area contributed by atoms with Crippen molar-refractivity contribution in [3.05, 3.63) is 53.3 Å². The van der Waals surface area contributed by atoms with E-state index in [4.69, 9.17) is 0 Å². The zero-order valence-electron chi connectivity index (χ0n) is 11.5. The predicted molar refractivity (Wildman–Crippen MR) is 75.7 cm³/mol. The Morgan fingerprint density at radius 1 is 1.37 bits per heavy atom. The van der Waals surface area contributed by atoms with Gasteiger partial charge in [-0.3, -0.25) is 4.68 Å². The monoisotopic (exact) mass is 259 g/mol. The second-order valence-corrected chi connectivity index (χ2v) is 4.71. The largest absolute Gasteiger partial charge is 0.387 e. The molecule has 0 bridgehead atoms. The molecule has 2 N–H and O–H groups in total. The van der Waals surface area contributed by atoms with Crippen molar-refractivity contribution in [1.29, 1.82) is 0 Å². The van der Waals surface area contributed by atoms with Crippen LogP contribution in [0.25, 0.3) is 0 Å². The first-order valence-corrected chi connectivity index (χ1v) is 6.66. The van der Waals surface area contributed by atoms with Crippen LogP contribution in [0.5, 0.6) is 0 Å². The molecule has 1 heterocycles. The smallest absolute Gasteiger partial charge is 0.0917 e. The lowest BCUT2D eigenvalue weighted by molar-refractivity contribution is 0.173. The van der Waals surface area contributed by atoms with Crippen molar-refractivity contribution >= 4 is 0 Å². The van der Waals surface area contributed by atoms with Crippen molar-refractivity contribution in [2.75, 3.05) is 6.54 Å². The van der Waals surface area contributed by atoms with Crippen LogP contribution in [0.15, 0.2) is 36.7 Å². The van der Waals surface area contributed by atoms with E-state index in [0.29, 0.717) is 6.54 Å². The van der Waals surface area contributed by atoms with E-state index in [-0.39, 0.29) is 0 Å². The molecule has 1 aromatic heterocycles. The topological polar surface area (TPSA) is 50.1 Å². The molecule has 1 atom stereocenters. The van der Waals surface area contributed by atoms with Gasteiger partial charge in [-0.05, 0) is 25.0 Å². The Kier molecular flexibility index (Phi) is 4.71. The molecule has 102 valence electrons. The van der Waals surface area contributed by atoms with Crippen LogP contribution in [-0.2, 0) is 13.1 Å². The Morgan fingerprint density at radius 2 is 2.16 bits per heavy atom. The Labute approximate surface area is 114 Å². The van der Waals surface area contributed by atoms with Crippen LogP contribution in [0.4, 0.5) is 0 Å². The average molecular weight is 259 g/mol. The first kappa shape index (κ1) is 13.8. The summed E-state index contributed by atoms with van der Waals surface area (Å²) in [5, 5.41) is 17.6. The summed E-state index contributed by atoms with van der Waals surface area (Å²) in [7, 11) is 0. The molecule has 0 fully saturated rings. The molecular weight excluding hydrogens is 238 g/mol. The van der Waals surface area contributed by atoms with Crippen LogP contribution in [-0.4, -0.2) is 21.4 Å². The number of nitrogens with zero attached hydrogens (tertiary/aromatic N) is 2. The van der Waals surface area contributed by atoms with Crippen molar-refractivity contribution in [2.45, 2.75) is 33.0 Å². The average Bonchev–Trinajstić information content (AvgIpc) is 2.87. The number of hydrogen-bond acceptors (Lipinski definition) is 3. The van der Waals surface area contributed by atoms with Gasteiger partial charge < -0.3 is 10.4 Å². The van der Waals surface area contributed by atoms with Gasteiger partial charge in [0, 0.05) is 31.4 Å². The summed E-state index contributed by atoms with van der Waals surface area (Å²) in [6, 6.07) is 7.93. The first-order valence-electron chi connectivity index (χ1n) is 6.66. The van der Waals surface area contributed by atoms with Gasteiger partial charge in [-0.1, -0.05) is 24.3 Å². The van der Waals surface area contributed by atoms with Crippen LogP contribution >= 0.6 is 0 Å². The van der Waals surface area contributed by atoms with Crippen molar-refractivity contribution in [2.24, 2.45) is 0 Å². The fourth-order valence-corrected chi connectivity index (χ4v) is 2.09. The zero-order valence-corrected chi connectivity index (χ0v) is 11.5. The normalized spacial score (nSPS) is 12.6. The van der Waals surface area contributed by atoms with Gasteiger partial charge in [0.1, 0.15) is 0 Å². The molecule has 0 amide bonds. The molecule has 2 aromatic rings. The van der Waals surface area contributed by atoms with Crippen molar-refractivity contribution in [3.63, 3.8) is 0 Å². The Bertz CT molecular complexity index is 522. The molecule has 19 heavy (non-hydrogen) atoms. The van der Waals surface area contributed by atoms with Crippen molar-refractivity contribution < 1.29 is 5.11 Å². The van der Waals surface area contributed by atoms with E-state index >= 15 is 0 Å². The van der Waals surface area contributed by atoms with Crippen LogP contribution < -0.4 is 5.32 Å². The van der Waals surface area contributed by atoms with Gasteiger partial charge in [0.25, 0.3) is 0 Å². The highest BCUT2D eigenvalue weighted by Gasteiger charge is 2.09. The first-order chi connectivity index (χ1) is 9.20. The van der Waals surface area contributed by atoms with E-state index in [2.05, 4.69) is 17.3 Å². The van der Waals surface area contributed by atoms with E-state index in [1.54, 1.807) is 0 Å². The quantitative estimate of drug-likeness (QED) is 0.834. The fraction of sp³-hybridized carbons (Fsp3) is 0.400. The standard InChI is InChI=1S/C15H21N3O/c1-3-18-11-13(9-17-18)8-16-10-15(19)14-7-5-4-6-12(14)2/h4-7,9,11,15-16,19H,3,8,10H2,1-2H3. The maximum Gasteiger partial charge on any atom is 0.0917 e. The Morgan fingerprint density at radius 3 is 2.84 bits per heavy atom. The summed E-state index contributed by atoms with van der Waals surface area (Å²) < 4.78 is 1.90. The molecule has 0 saturated carbocycles. The fourth-order valence-electron chi connectivity index (χ4n) is 2.09. The third kappa shape index (κ3) is 3.66. The lowest BCUT2D eigenvalue weighted by Crippen LogP contribution is -2.21. The van der Waals surface area contributed by atoms with E-state index in [1.165, 1.54) is 0 Å². The molecule has 0 spiro atoms. The highest BCUT2D eigenvalue weighted by atomic mass is 16.3. The summed E-state index contributed by atoms with van der Waals surface area (Å²) in [6.45, 7) is 6.23. The van der Waals surface area contributed by atoms with Gasteiger partial charge in [0.2, 0.25) is 0 Å². The summed E-state index contributed by atoms with van der Waals surface area (Å²) in [5.74, 6) is 0. The molecule has 0 aliphatic rings. The third-order valence-corrected chi connectivity index (χ3v) is 3.22. The minimum absolute atomic E-state index is 0.470. The molecular formula is C15H21N3O. The van der Waals surface area contributed by atoms with Crippen molar-refractivity contribution in [1.82, 2.24) is 15.1 Å². The van der Waals surface area contributed by atoms with E-state index < -0.39 is 6.10 Å². The molecule has 0 radical (unpaired) electrons. The molecule has 0 saturated heterocycles. The number of nitrogens with one attached hydrogen (secondary N) is 1. The molecule has 1 aromatic carbocycles. The summed E-state index contributed by atoms with van der Waals surface area (Å²) in [4.78, 5) is 0. The van der Waals surface area contributed by atoms with Crippen LogP contribution in [0.3, 0.4) is 0 Å². The second kappa shape index (κ2) is 6.50. The summed E-state index contributed by atoms with van der Waals surface area (Å²) in [5.41, 5.74) is 3.24. The van der Waals surface area contributed by atoms with Gasteiger partial charge in [-0.25, -0.2) is 0 Å². The maximum absolute atomic E-state index is 10.1. The van der Waals surface area contributed by atoms with E-state index in [9.17, 15) is 5.11 Å². The lowest BCUT2D eigenvalue weighted by atomic mass is 10.0. The number of aromatic nitrogens is 2. The molecule has 2 rings (SSSR count). The second-order valence-electron chi connectivity index (χ2n) is 4.71. The number of aryl methyl sites for hydroxylation is 2. The molecule has 1 unspecified atom stereocenters. The number of aliphatic hydroxyl groups excluding tert-OH is 1. The number of rotatable bonds is 6. The van der Waals surface area contributed by atoms with Crippen molar-refractivity contribution in [3.8, 4) is 0 Å². The van der Waals surface area contributed by atoms with Crippen LogP contribution in [0.1, 0.15) is 29.7 Å². The number of hydrogen-bond donors (Lipinski definition) is 2. The van der Waals surface area contributed by atoms with Crippen LogP contribution in [0.2, 0.25) is 0 Å². The Balaban J connectivity index is 1.84. The molecule has 0 aliphatic carbocycles.